The number of hydrogen-bond donors (Lipinski definition) is 0. The molecule has 0 N–H and O–H groups in total. The standard InChI is InChI=1S/C15H9NOS2/c1-4-10-11(5-1)15(13-7-3-9-19-13)17-16-14(10)12-6-2-8-18-12/h1-9H. The second-order valence-electron chi connectivity index (χ2n) is 4.17. The molecule has 2 aliphatic rings. The Balaban J connectivity index is 1.97. The molecule has 4 rings (SSSR count). The summed E-state index contributed by atoms with van der Waals surface area (Å²) in [6, 6.07) is 14.4. The molecule has 92 valence electrons. The molecule has 19 heavy (non-hydrogen) atoms. The lowest BCUT2D eigenvalue weighted by atomic mass is 10.1. The van der Waals surface area contributed by atoms with Crippen molar-refractivity contribution in [2.75, 3.05) is 0 Å². The lowest BCUT2D eigenvalue weighted by Crippen LogP contribution is -1.89. The quantitative estimate of drug-likeness (QED) is 0.503. The van der Waals surface area contributed by atoms with Crippen LogP contribution in [0.15, 0.2) is 57.7 Å². The smallest absolute Gasteiger partial charge is 0.183 e. The average molecular weight is 283 g/mol. The fourth-order valence-corrected chi connectivity index (χ4v) is 3.63. The fourth-order valence-electron chi connectivity index (χ4n) is 2.19. The number of fused-ring (bicyclic) bond motifs is 1. The molecule has 0 unspecified atom stereocenters. The van der Waals surface area contributed by atoms with Gasteiger partial charge in [0, 0.05) is 11.1 Å². The predicted octanol–water partition coefficient (Wildman–Crippen LogP) is 5.24. The van der Waals surface area contributed by atoms with Crippen molar-refractivity contribution in [2.24, 2.45) is 0 Å². The summed E-state index contributed by atoms with van der Waals surface area (Å²) in [4.78, 5) is 2.25. The van der Waals surface area contributed by atoms with Crippen molar-refractivity contribution in [3.63, 3.8) is 0 Å². The Morgan fingerprint density at radius 2 is 1.53 bits per heavy atom. The van der Waals surface area contributed by atoms with Gasteiger partial charge in [-0.15, -0.1) is 22.7 Å². The van der Waals surface area contributed by atoms with E-state index in [-0.39, 0.29) is 0 Å². The summed E-state index contributed by atoms with van der Waals surface area (Å²) in [5, 5.41) is 8.42. The Kier molecular flexibility index (Phi) is 2.50. The third-order valence-corrected chi connectivity index (χ3v) is 4.79. The summed E-state index contributed by atoms with van der Waals surface area (Å²) in [6.45, 7) is 0. The fraction of sp³-hybridized carbons (Fsp3) is 0. The molecule has 0 amide bonds. The van der Waals surface area contributed by atoms with Crippen molar-refractivity contribution < 1.29 is 4.52 Å². The first-order valence-corrected chi connectivity index (χ1v) is 7.65. The highest BCUT2D eigenvalue weighted by Gasteiger charge is 2.20. The van der Waals surface area contributed by atoms with Gasteiger partial charge in [-0.05, 0) is 22.9 Å². The molecule has 3 heterocycles. The predicted molar refractivity (Wildman–Crippen MR) is 79.8 cm³/mol. The van der Waals surface area contributed by atoms with E-state index in [1.165, 1.54) is 0 Å². The number of thiophene rings is 2. The van der Waals surface area contributed by atoms with Gasteiger partial charge in [-0.1, -0.05) is 35.5 Å². The average Bonchev–Trinajstić information content (AvgIpc) is 3.19. The zero-order chi connectivity index (χ0) is 12.7. The van der Waals surface area contributed by atoms with Gasteiger partial charge in [-0.2, -0.15) is 0 Å². The molecular weight excluding hydrogens is 274 g/mol. The van der Waals surface area contributed by atoms with Gasteiger partial charge in [0.1, 0.15) is 5.69 Å². The summed E-state index contributed by atoms with van der Waals surface area (Å²) in [6.07, 6.45) is 0. The van der Waals surface area contributed by atoms with Gasteiger partial charge in [-0.3, -0.25) is 0 Å². The van der Waals surface area contributed by atoms with Crippen molar-refractivity contribution in [1.82, 2.24) is 5.16 Å². The van der Waals surface area contributed by atoms with Crippen molar-refractivity contribution in [3.8, 4) is 32.3 Å². The van der Waals surface area contributed by atoms with Crippen LogP contribution in [-0.4, -0.2) is 5.16 Å². The highest BCUT2D eigenvalue weighted by atomic mass is 32.1. The van der Waals surface area contributed by atoms with E-state index in [2.05, 4.69) is 40.9 Å². The van der Waals surface area contributed by atoms with Crippen molar-refractivity contribution in [2.45, 2.75) is 0 Å². The molecule has 1 aliphatic heterocycles. The van der Waals surface area contributed by atoms with E-state index in [0.29, 0.717) is 0 Å². The van der Waals surface area contributed by atoms with E-state index in [9.17, 15) is 0 Å². The minimum absolute atomic E-state index is 0.857. The van der Waals surface area contributed by atoms with Gasteiger partial charge < -0.3 is 4.52 Å². The van der Waals surface area contributed by atoms with Crippen LogP contribution in [0.1, 0.15) is 0 Å². The second kappa shape index (κ2) is 4.33. The summed E-state index contributed by atoms with van der Waals surface area (Å²) in [5.41, 5.74) is 3.20. The van der Waals surface area contributed by atoms with E-state index in [0.717, 1.165) is 32.3 Å². The zero-order valence-corrected chi connectivity index (χ0v) is 11.5. The van der Waals surface area contributed by atoms with Crippen molar-refractivity contribution >= 4 is 22.7 Å². The molecule has 0 spiro atoms. The van der Waals surface area contributed by atoms with Crippen LogP contribution in [0.4, 0.5) is 0 Å². The third-order valence-electron chi connectivity index (χ3n) is 3.04. The molecule has 0 saturated carbocycles. The Morgan fingerprint density at radius 1 is 0.789 bits per heavy atom. The van der Waals surface area contributed by atoms with Gasteiger partial charge in [0.05, 0.1) is 9.75 Å². The molecular formula is C15H9NOS2. The lowest BCUT2D eigenvalue weighted by Gasteiger charge is -2.08. The third kappa shape index (κ3) is 1.72. The Bertz CT molecular complexity index is 703. The molecule has 2 nitrogen and oxygen atoms in total. The molecule has 0 bridgehead atoms. The van der Waals surface area contributed by atoms with Crippen molar-refractivity contribution in [1.29, 1.82) is 0 Å². The van der Waals surface area contributed by atoms with E-state index < -0.39 is 0 Å². The van der Waals surface area contributed by atoms with Gasteiger partial charge in [-0.25, -0.2) is 0 Å². The normalized spacial score (nSPS) is 11.2. The van der Waals surface area contributed by atoms with Crippen LogP contribution in [0.25, 0.3) is 32.3 Å². The van der Waals surface area contributed by atoms with E-state index in [4.69, 9.17) is 4.52 Å². The summed E-state index contributed by atoms with van der Waals surface area (Å²) >= 11 is 3.34. The first-order chi connectivity index (χ1) is 9.43. The molecule has 2 aromatic rings. The largest absolute Gasteiger partial charge is 0.354 e. The summed E-state index contributed by atoms with van der Waals surface area (Å²) < 4.78 is 5.67. The van der Waals surface area contributed by atoms with Crippen LogP contribution in [0.2, 0.25) is 0 Å². The number of nitrogens with zero attached hydrogens (tertiary/aromatic N) is 1. The number of hydrogen-bond acceptors (Lipinski definition) is 4. The monoisotopic (exact) mass is 283 g/mol. The molecule has 0 radical (unpaired) electrons. The Hall–Kier alpha value is -1.91. The topological polar surface area (TPSA) is 26.0 Å². The van der Waals surface area contributed by atoms with Gasteiger partial charge in [0.2, 0.25) is 0 Å². The molecule has 4 heteroatoms. The van der Waals surface area contributed by atoms with Crippen LogP contribution < -0.4 is 0 Å². The minimum Gasteiger partial charge on any atom is -0.354 e. The van der Waals surface area contributed by atoms with E-state index in [1.54, 1.807) is 22.7 Å². The maximum atomic E-state index is 5.67. The number of aromatic nitrogens is 1. The van der Waals surface area contributed by atoms with Crippen LogP contribution in [0.5, 0.6) is 0 Å². The highest BCUT2D eigenvalue weighted by Crippen LogP contribution is 2.41. The van der Waals surface area contributed by atoms with E-state index in [1.807, 2.05) is 17.5 Å². The molecule has 2 aromatic heterocycles. The SMILES string of the molecule is c1csc(-c2noc(-c3cccs3)c3cccc2-3)c1. The summed E-state index contributed by atoms with van der Waals surface area (Å²) in [7, 11) is 0. The van der Waals surface area contributed by atoms with Gasteiger partial charge in [0.15, 0.2) is 5.76 Å². The molecule has 0 saturated heterocycles. The van der Waals surface area contributed by atoms with Crippen LogP contribution in [-0.2, 0) is 0 Å². The van der Waals surface area contributed by atoms with Crippen LogP contribution >= 0.6 is 22.7 Å². The molecule has 0 aromatic carbocycles. The van der Waals surface area contributed by atoms with E-state index >= 15 is 0 Å². The summed E-state index contributed by atoms with van der Waals surface area (Å²) in [5.74, 6) is 0.857. The maximum absolute atomic E-state index is 5.67. The van der Waals surface area contributed by atoms with Gasteiger partial charge in [0.25, 0.3) is 0 Å². The minimum atomic E-state index is 0.857. The van der Waals surface area contributed by atoms with Crippen LogP contribution in [0, 0.1) is 0 Å². The zero-order valence-electron chi connectivity index (χ0n) is 9.87. The lowest BCUT2D eigenvalue weighted by molar-refractivity contribution is 0.420. The Morgan fingerprint density at radius 3 is 2.26 bits per heavy atom. The van der Waals surface area contributed by atoms with Gasteiger partial charge >= 0.3 is 0 Å². The molecule has 0 fully saturated rings. The first kappa shape index (κ1) is 11.0. The maximum Gasteiger partial charge on any atom is 0.183 e. The molecule has 1 aliphatic carbocycles. The molecule has 0 atom stereocenters. The number of rotatable bonds is 2. The highest BCUT2D eigenvalue weighted by molar-refractivity contribution is 7.13. The second-order valence-corrected chi connectivity index (χ2v) is 6.06. The van der Waals surface area contributed by atoms with Crippen molar-refractivity contribution in [3.05, 3.63) is 53.2 Å². The van der Waals surface area contributed by atoms with Crippen LogP contribution in [0.3, 0.4) is 0 Å². The first-order valence-electron chi connectivity index (χ1n) is 5.89. The Labute approximate surface area is 118 Å².